The molecule has 0 atom stereocenters. The van der Waals surface area contributed by atoms with Crippen LogP contribution >= 0.6 is 0 Å². The number of amides is 2. The monoisotopic (exact) mass is 382 g/mol. The van der Waals surface area contributed by atoms with Gasteiger partial charge in [0.05, 0.1) is 24.7 Å². The van der Waals surface area contributed by atoms with Gasteiger partial charge in [-0.3, -0.25) is 9.59 Å². The molecule has 0 saturated heterocycles. The van der Waals surface area contributed by atoms with Gasteiger partial charge >= 0.3 is 0 Å². The molecule has 0 aliphatic heterocycles. The molecule has 0 aliphatic rings. The number of rotatable bonds is 8. The Morgan fingerprint density at radius 2 is 1.79 bits per heavy atom. The molecule has 0 fully saturated rings. The zero-order chi connectivity index (χ0) is 19.9. The van der Waals surface area contributed by atoms with Crippen LogP contribution in [-0.2, 0) is 27.4 Å². The van der Waals surface area contributed by atoms with Gasteiger partial charge in [0.2, 0.25) is 11.8 Å². The summed E-state index contributed by atoms with van der Waals surface area (Å²) in [6, 6.07) is 14.6. The Hall–Kier alpha value is -3.39. The number of carbonyl (C=O) groups excluding carboxylic acids is 2. The fourth-order valence-corrected chi connectivity index (χ4v) is 2.82. The maximum Gasteiger partial charge on any atom is 0.246 e. The average molecular weight is 382 g/mol. The third-order valence-electron chi connectivity index (χ3n) is 4.13. The van der Waals surface area contributed by atoms with Crippen LogP contribution in [0.5, 0.6) is 5.75 Å². The van der Waals surface area contributed by atoms with Gasteiger partial charge in [0.1, 0.15) is 24.7 Å². The number of nitrogens with zero attached hydrogens (tertiary/aromatic N) is 2. The highest BCUT2D eigenvalue weighted by Gasteiger charge is 2.14. The predicted octanol–water partition coefficient (Wildman–Crippen LogP) is 1.95. The minimum Gasteiger partial charge on any atom is -0.497 e. The third kappa shape index (κ3) is 4.66. The van der Waals surface area contributed by atoms with Gasteiger partial charge in [0, 0.05) is 12.8 Å². The Bertz CT molecular complexity index is 966. The number of aromatic nitrogens is 2. The summed E-state index contributed by atoms with van der Waals surface area (Å²) in [4.78, 5) is 28.8. The van der Waals surface area contributed by atoms with Crippen LogP contribution in [0.15, 0.2) is 48.5 Å². The van der Waals surface area contributed by atoms with Gasteiger partial charge in [-0.2, -0.15) is 0 Å². The summed E-state index contributed by atoms with van der Waals surface area (Å²) in [5.74, 6) is 0.866. The molecular weight excluding hydrogens is 360 g/mol. The number of ether oxygens (including phenoxy) is 2. The first-order valence-electron chi connectivity index (χ1n) is 8.74. The smallest absolute Gasteiger partial charge is 0.246 e. The van der Waals surface area contributed by atoms with E-state index in [0.29, 0.717) is 17.3 Å². The first kappa shape index (κ1) is 19.4. The fourth-order valence-electron chi connectivity index (χ4n) is 2.82. The Labute approximate surface area is 162 Å². The molecule has 0 radical (unpaired) electrons. The van der Waals surface area contributed by atoms with E-state index in [0.717, 1.165) is 11.0 Å². The zero-order valence-electron chi connectivity index (χ0n) is 15.8. The molecule has 2 amide bonds. The maximum absolute atomic E-state index is 12.6. The SMILES string of the molecule is COCC(=O)NCc1nc2ccccc2n1CC(=O)Nc1ccc(OC)cc1. The highest BCUT2D eigenvalue weighted by Crippen LogP contribution is 2.18. The van der Waals surface area contributed by atoms with E-state index in [9.17, 15) is 9.59 Å². The predicted molar refractivity (Wildman–Crippen MR) is 105 cm³/mol. The molecule has 0 unspecified atom stereocenters. The van der Waals surface area contributed by atoms with Crippen molar-refractivity contribution in [2.24, 2.45) is 0 Å². The first-order chi connectivity index (χ1) is 13.6. The summed E-state index contributed by atoms with van der Waals surface area (Å²) < 4.78 is 11.7. The number of benzene rings is 2. The van der Waals surface area contributed by atoms with Crippen molar-refractivity contribution in [3.63, 3.8) is 0 Å². The molecule has 2 aromatic carbocycles. The fraction of sp³-hybridized carbons (Fsp3) is 0.250. The molecule has 0 bridgehead atoms. The third-order valence-corrected chi connectivity index (χ3v) is 4.13. The van der Waals surface area contributed by atoms with Gasteiger partial charge in [-0.05, 0) is 36.4 Å². The number of imidazole rings is 1. The number of methoxy groups -OCH3 is 2. The lowest BCUT2D eigenvalue weighted by atomic mass is 10.3. The van der Waals surface area contributed by atoms with Crippen molar-refractivity contribution >= 4 is 28.5 Å². The van der Waals surface area contributed by atoms with Crippen LogP contribution in [-0.4, -0.2) is 42.2 Å². The lowest BCUT2D eigenvalue weighted by molar-refractivity contribution is -0.124. The highest BCUT2D eigenvalue weighted by atomic mass is 16.5. The number of fused-ring (bicyclic) bond motifs is 1. The van der Waals surface area contributed by atoms with Gasteiger partial charge in [0.25, 0.3) is 0 Å². The standard InChI is InChI=1S/C20H22N4O4/c1-27-13-20(26)21-11-18-23-16-5-3-4-6-17(16)24(18)12-19(25)22-14-7-9-15(28-2)10-8-14/h3-10H,11-13H2,1-2H3,(H,21,26)(H,22,25). The number of hydrogen-bond acceptors (Lipinski definition) is 5. The molecule has 146 valence electrons. The zero-order valence-corrected chi connectivity index (χ0v) is 15.8. The Balaban J connectivity index is 1.76. The lowest BCUT2D eigenvalue weighted by Gasteiger charge is -2.11. The number of hydrogen-bond donors (Lipinski definition) is 2. The molecule has 0 saturated carbocycles. The van der Waals surface area contributed by atoms with E-state index in [2.05, 4.69) is 15.6 Å². The Morgan fingerprint density at radius 1 is 1.04 bits per heavy atom. The van der Waals surface area contributed by atoms with Crippen LogP contribution in [0.2, 0.25) is 0 Å². The van der Waals surface area contributed by atoms with Crippen LogP contribution in [0.4, 0.5) is 5.69 Å². The van der Waals surface area contributed by atoms with E-state index in [-0.39, 0.29) is 31.5 Å². The van der Waals surface area contributed by atoms with E-state index in [1.54, 1.807) is 35.9 Å². The van der Waals surface area contributed by atoms with Crippen LogP contribution in [0.1, 0.15) is 5.82 Å². The summed E-state index contributed by atoms with van der Waals surface area (Å²) in [6.45, 7) is 0.243. The molecule has 1 aromatic heterocycles. The van der Waals surface area contributed by atoms with Crippen LogP contribution in [0.25, 0.3) is 11.0 Å². The van der Waals surface area contributed by atoms with Crippen molar-refractivity contribution in [3.8, 4) is 5.75 Å². The molecule has 8 nitrogen and oxygen atoms in total. The largest absolute Gasteiger partial charge is 0.497 e. The van der Waals surface area contributed by atoms with E-state index in [1.165, 1.54) is 7.11 Å². The Morgan fingerprint density at radius 3 is 2.50 bits per heavy atom. The molecule has 3 aromatic rings. The summed E-state index contributed by atoms with van der Waals surface area (Å²) in [6.07, 6.45) is 0. The van der Waals surface area contributed by atoms with Crippen molar-refractivity contribution in [2.45, 2.75) is 13.1 Å². The van der Waals surface area contributed by atoms with Crippen molar-refractivity contribution in [2.75, 3.05) is 26.1 Å². The molecular formula is C20H22N4O4. The van der Waals surface area contributed by atoms with Gasteiger partial charge in [-0.25, -0.2) is 4.98 Å². The summed E-state index contributed by atoms with van der Waals surface area (Å²) in [7, 11) is 3.04. The van der Waals surface area contributed by atoms with Gasteiger partial charge in [-0.1, -0.05) is 12.1 Å². The normalized spacial score (nSPS) is 10.6. The van der Waals surface area contributed by atoms with E-state index in [4.69, 9.17) is 9.47 Å². The van der Waals surface area contributed by atoms with Crippen LogP contribution < -0.4 is 15.4 Å². The minimum atomic E-state index is -0.246. The topological polar surface area (TPSA) is 94.5 Å². The number of carbonyl (C=O) groups is 2. The molecule has 3 rings (SSSR count). The Kier molecular flexibility index (Phi) is 6.23. The van der Waals surface area contributed by atoms with Crippen LogP contribution in [0.3, 0.4) is 0 Å². The van der Waals surface area contributed by atoms with Crippen molar-refractivity contribution in [1.29, 1.82) is 0 Å². The molecule has 8 heteroatoms. The second-order valence-electron chi connectivity index (χ2n) is 6.09. The molecule has 28 heavy (non-hydrogen) atoms. The maximum atomic E-state index is 12.6. The van der Waals surface area contributed by atoms with E-state index in [1.807, 2.05) is 24.3 Å². The number of para-hydroxylation sites is 2. The second kappa shape index (κ2) is 9.01. The van der Waals surface area contributed by atoms with E-state index < -0.39 is 0 Å². The van der Waals surface area contributed by atoms with Crippen molar-refractivity contribution < 1.29 is 19.1 Å². The lowest BCUT2D eigenvalue weighted by Crippen LogP contribution is -2.29. The average Bonchev–Trinajstić information content (AvgIpc) is 3.04. The quantitative estimate of drug-likeness (QED) is 0.621. The van der Waals surface area contributed by atoms with Gasteiger partial charge in [0.15, 0.2) is 0 Å². The minimum absolute atomic E-state index is 0.0296. The van der Waals surface area contributed by atoms with Gasteiger partial charge in [-0.15, -0.1) is 0 Å². The van der Waals surface area contributed by atoms with Crippen molar-refractivity contribution in [1.82, 2.24) is 14.9 Å². The molecule has 0 spiro atoms. The number of anilines is 1. The molecule has 1 heterocycles. The second-order valence-corrected chi connectivity index (χ2v) is 6.09. The summed E-state index contributed by atoms with van der Waals surface area (Å²) in [5.41, 5.74) is 2.25. The number of nitrogens with one attached hydrogen (secondary N) is 2. The summed E-state index contributed by atoms with van der Waals surface area (Å²) in [5, 5.41) is 5.60. The van der Waals surface area contributed by atoms with E-state index >= 15 is 0 Å². The molecule has 0 aliphatic carbocycles. The first-order valence-corrected chi connectivity index (χ1v) is 8.74. The van der Waals surface area contributed by atoms with Gasteiger partial charge < -0.3 is 24.7 Å². The van der Waals surface area contributed by atoms with Crippen LogP contribution in [0, 0.1) is 0 Å². The molecule has 2 N–H and O–H groups in total. The summed E-state index contributed by atoms with van der Waals surface area (Å²) >= 11 is 0. The van der Waals surface area contributed by atoms with Crippen molar-refractivity contribution in [3.05, 3.63) is 54.4 Å². The highest BCUT2D eigenvalue weighted by molar-refractivity contribution is 5.91.